The Balaban J connectivity index is 1.84. The first-order valence-electron chi connectivity index (χ1n) is 12.1. The monoisotopic (exact) mass is 578 g/mol. The van der Waals surface area contributed by atoms with Crippen molar-refractivity contribution in [2.45, 2.75) is 53.8 Å². The van der Waals surface area contributed by atoms with Crippen LogP contribution in [0, 0.1) is 36.5 Å². The number of amides is 2. The summed E-state index contributed by atoms with van der Waals surface area (Å²) in [7, 11) is 0. The highest BCUT2D eigenvalue weighted by atomic mass is 32.1. The van der Waals surface area contributed by atoms with Crippen LogP contribution >= 0.6 is 22.7 Å². The third-order valence-corrected chi connectivity index (χ3v) is 7.79. The number of hydrogen-bond donors (Lipinski definition) is 2. The predicted molar refractivity (Wildman–Crippen MR) is 151 cm³/mol. The third-order valence-electron chi connectivity index (χ3n) is 5.41. The molecule has 0 saturated carbocycles. The molecule has 0 saturated heterocycles. The molecule has 0 atom stereocenters. The maximum Gasteiger partial charge on any atom is 0.348 e. The molecule has 12 heteroatoms. The number of ether oxygens (including phenoxy) is 2. The summed E-state index contributed by atoms with van der Waals surface area (Å²) in [6.45, 7) is 10.0. The molecule has 206 valence electrons. The topological polar surface area (TPSA) is 158 Å². The fourth-order valence-electron chi connectivity index (χ4n) is 3.55. The van der Waals surface area contributed by atoms with Crippen molar-refractivity contribution in [2.75, 3.05) is 10.6 Å². The molecule has 3 rings (SSSR count). The molecule has 2 N–H and O–H groups in total. The van der Waals surface area contributed by atoms with Gasteiger partial charge in [-0.05, 0) is 70.9 Å². The second-order valence-corrected chi connectivity index (χ2v) is 11.2. The summed E-state index contributed by atoms with van der Waals surface area (Å²) in [5.41, 5.74) is 1.34. The highest BCUT2D eigenvalue weighted by Gasteiger charge is 2.25. The summed E-state index contributed by atoms with van der Waals surface area (Å²) >= 11 is 1.87. The van der Waals surface area contributed by atoms with Crippen LogP contribution in [0.15, 0.2) is 24.3 Å². The van der Waals surface area contributed by atoms with Crippen molar-refractivity contribution in [3.05, 3.63) is 67.4 Å². The molecular weight excluding hydrogens is 552 g/mol. The molecule has 0 aliphatic rings. The Kier molecular flexibility index (Phi) is 9.43. The number of benzene rings is 1. The van der Waals surface area contributed by atoms with Crippen LogP contribution in [0.1, 0.15) is 90.0 Å². The van der Waals surface area contributed by atoms with Gasteiger partial charge in [0.05, 0.1) is 23.3 Å². The highest BCUT2D eigenvalue weighted by Crippen LogP contribution is 2.35. The van der Waals surface area contributed by atoms with E-state index in [9.17, 15) is 29.7 Å². The number of carbonyl (C=O) groups is 4. The first-order chi connectivity index (χ1) is 18.9. The number of nitrogens with one attached hydrogen (secondary N) is 2. The van der Waals surface area contributed by atoms with Crippen LogP contribution in [-0.2, 0) is 9.47 Å². The maximum absolute atomic E-state index is 13.0. The van der Waals surface area contributed by atoms with Gasteiger partial charge in [-0.25, -0.2) is 9.59 Å². The fourth-order valence-corrected chi connectivity index (χ4v) is 5.62. The molecule has 40 heavy (non-hydrogen) atoms. The van der Waals surface area contributed by atoms with E-state index in [1.54, 1.807) is 41.5 Å². The third kappa shape index (κ3) is 6.54. The largest absolute Gasteiger partial charge is 0.459 e. The van der Waals surface area contributed by atoms with Gasteiger partial charge in [0.25, 0.3) is 11.8 Å². The van der Waals surface area contributed by atoms with Gasteiger partial charge >= 0.3 is 11.9 Å². The number of hydrogen-bond acceptors (Lipinski definition) is 10. The molecule has 0 bridgehead atoms. The number of nitrogens with zero attached hydrogens (tertiary/aromatic N) is 2. The minimum absolute atomic E-state index is 0.123. The van der Waals surface area contributed by atoms with Crippen molar-refractivity contribution >= 4 is 56.4 Å². The minimum atomic E-state index is -0.598. The number of rotatable bonds is 8. The van der Waals surface area contributed by atoms with E-state index >= 15 is 0 Å². The van der Waals surface area contributed by atoms with Crippen LogP contribution < -0.4 is 10.6 Å². The SMILES string of the molecule is Cc1c(C(=O)OC(C)C)sc(NC(=O)c2cccc(C(=O)Nc3sc(C(=O)OC(C)C)c(C)c3C#N)c2)c1C#N. The lowest BCUT2D eigenvalue weighted by atomic mass is 10.1. The zero-order chi connectivity index (χ0) is 29.7. The number of anilines is 2. The normalized spacial score (nSPS) is 10.6. The summed E-state index contributed by atoms with van der Waals surface area (Å²) in [4.78, 5) is 51.3. The van der Waals surface area contributed by atoms with E-state index in [0.29, 0.717) is 11.1 Å². The average Bonchev–Trinajstić information content (AvgIpc) is 3.38. The van der Waals surface area contributed by atoms with E-state index in [1.807, 2.05) is 12.1 Å². The molecule has 2 aromatic heterocycles. The zero-order valence-corrected chi connectivity index (χ0v) is 24.3. The minimum Gasteiger partial charge on any atom is -0.459 e. The molecule has 0 radical (unpaired) electrons. The van der Waals surface area contributed by atoms with Crippen molar-refractivity contribution in [3.63, 3.8) is 0 Å². The summed E-state index contributed by atoms with van der Waals surface area (Å²) < 4.78 is 10.5. The Morgan fingerprint density at radius 3 is 1.45 bits per heavy atom. The van der Waals surface area contributed by atoms with Crippen molar-refractivity contribution in [3.8, 4) is 12.1 Å². The van der Waals surface area contributed by atoms with E-state index in [0.717, 1.165) is 22.7 Å². The predicted octanol–water partition coefficient (Wildman–Crippen LogP) is 5.80. The number of esters is 2. The fraction of sp³-hybridized carbons (Fsp3) is 0.286. The summed E-state index contributed by atoms with van der Waals surface area (Å²) in [6, 6.07) is 9.86. The molecule has 0 spiro atoms. The Morgan fingerprint density at radius 1 is 0.750 bits per heavy atom. The Morgan fingerprint density at radius 2 is 1.12 bits per heavy atom. The molecule has 0 unspecified atom stereocenters. The van der Waals surface area contributed by atoms with Gasteiger partial charge < -0.3 is 20.1 Å². The van der Waals surface area contributed by atoms with Crippen molar-refractivity contribution in [1.29, 1.82) is 10.5 Å². The lowest BCUT2D eigenvalue weighted by Crippen LogP contribution is -2.15. The standard InChI is InChI=1S/C28H26N4O6S2/c1-13(2)37-27(35)21-15(5)19(11-29)25(39-21)31-23(33)17-8-7-9-18(10-17)24(34)32-26-20(12-30)16(6)22(40-26)28(36)38-14(3)4/h7-10,13-14H,1-6H3,(H,31,33)(H,32,34). The van der Waals surface area contributed by atoms with Gasteiger partial charge in [0.1, 0.15) is 31.9 Å². The number of nitriles is 2. The summed E-state index contributed by atoms with van der Waals surface area (Å²) in [5.74, 6) is -2.37. The van der Waals surface area contributed by atoms with Gasteiger partial charge in [0, 0.05) is 11.1 Å². The van der Waals surface area contributed by atoms with E-state index in [4.69, 9.17) is 9.47 Å². The number of thiophene rings is 2. The van der Waals surface area contributed by atoms with E-state index in [-0.39, 0.29) is 54.2 Å². The van der Waals surface area contributed by atoms with Crippen LogP contribution in [0.4, 0.5) is 10.0 Å². The average molecular weight is 579 g/mol. The smallest absolute Gasteiger partial charge is 0.348 e. The van der Waals surface area contributed by atoms with E-state index in [2.05, 4.69) is 10.6 Å². The molecular formula is C28H26N4O6S2. The molecule has 0 fully saturated rings. The lowest BCUT2D eigenvalue weighted by Gasteiger charge is -2.07. The second-order valence-electron chi connectivity index (χ2n) is 9.14. The van der Waals surface area contributed by atoms with Crippen LogP contribution in [-0.4, -0.2) is 36.0 Å². The van der Waals surface area contributed by atoms with E-state index < -0.39 is 23.8 Å². The molecule has 2 heterocycles. The molecule has 1 aromatic carbocycles. The molecule has 0 aliphatic heterocycles. The number of carbonyl (C=O) groups excluding carboxylic acids is 4. The van der Waals surface area contributed by atoms with Crippen molar-refractivity contribution in [2.24, 2.45) is 0 Å². The summed E-state index contributed by atoms with van der Waals surface area (Å²) in [5, 5.41) is 24.9. The Hall–Kier alpha value is -4.52. The van der Waals surface area contributed by atoms with Gasteiger partial charge in [-0.3, -0.25) is 9.59 Å². The second kappa shape index (κ2) is 12.6. The van der Waals surface area contributed by atoms with Crippen LogP contribution in [0.3, 0.4) is 0 Å². The maximum atomic E-state index is 13.0. The van der Waals surface area contributed by atoms with Crippen LogP contribution in [0.2, 0.25) is 0 Å². The lowest BCUT2D eigenvalue weighted by molar-refractivity contribution is 0.0372. The zero-order valence-electron chi connectivity index (χ0n) is 22.6. The quantitative estimate of drug-likeness (QED) is 0.317. The van der Waals surface area contributed by atoms with Crippen LogP contribution in [0.25, 0.3) is 0 Å². The Bertz CT molecular complexity index is 1470. The first-order valence-corrected chi connectivity index (χ1v) is 13.7. The molecule has 0 aliphatic carbocycles. The first kappa shape index (κ1) is 30.0. The van der Waals surface area contributed by atoms with E-state index in [1.165, 1.54) is 24.3 Å². The van der Waals surface area contributed by atoms with Gasteiger partial charge in [-0.1, -0.05) is 6.07 Å². The van der Waals surface area contributed by atoms with Crippen molar-refractivity contribution < 1.29 is 28.7 Å². The van der Waals surface area contributed by atoms with Gasteiger partial charge in [-0.15, -0.1) is 22.7 Å². The highest BCUT2D eigenvalue weighted by molar-refractivity contribution is 7.19. The van der Waals surface area contributed by atoms with Gasteiger partial charge in [0.15, 0.2) is 0 Å². The summed E-state index contributed by atoms with van der Waals surface area (Å²) in [6.07, 6.45) is -0.705. The molecule has 3 aromatic rings. The molecule has 10 nitrogen and oxygen atoms in total. The van der Waals surface area contributed by atoms with Gasteiger partial charge in [0.2, 0.25) is 0 Å². The Labute approximate surface area is 239 Å². The van der Waals surface area contributed by atoms with Crippen LogP contribution in [0.5, 0.6) is 0 Å². The van der Waals surface area contributed by atoms with Crippen molar-refractivity contribution in [1.82, 2.24) is 0 Å². The van der Waals surface area contributed by atoms with Gasteiger partial charge in [-0.2, -0.15) is 10.5 Å². The molecule has 2 amide bonds.